The number of nitrogen functional groups attached to an aromatic ring is 1. The molecule has 1 atom stereocenters. The summed E-state index contributed by atoms with van der Waals surface area (Å²) in [7, 11) is 0. The van der Waals surface area contributed by atoms with Crippen LogP contribution in [0.4, 0.5) is 17.5 Å². The topological polar surface area (TPSA) is 116 Å². The molecule has 0 saturated carbocycles. The second-order valence-corrected chi connectivity index (χ2v) is 8.28. The minimum Gasteiger partial charge on any atom is -0.371 e. The Bertz CT molecular complexity index is 1690. The molecule has 0 bridgehead atoms. The largest absolute Gasteiger partial charge is 0.371 e. The van der Waals surface area contributed by atoms with Gasteiger partial charge >= 0.3 is 0 Å². The maximum atomic E-state index is 14.1. The molecule has 0 aliphatic carbocycles. The van der Waals surface area contributed by atoms with Gasteiger partial charge in [-0.2, -0.15) is 0 Å². The number of pyridine rings is 1. The quantitative estimate of drug-likeness (QED) is 0.350. The van der Waals surface area contributed by atoms with Crippen molar-refractivity contribution in [2.45, 2.75) is 19.9 Å². The number of nitrogens with zero attached hydrogens (tertiary/aromatic N) is 6. The SMILES string of the molecule is [C-]#[N+]c1cnc(N)nc1N[C@@H](C)c1cc2cccc(-c3nccc(C)n3)c2c(=O)n1-c1ccccc1. The third-order valence-electron chi connectivity index (χ3n) is 5.83. The Labute approximate surface area is 207 Å². The van der Waals surface area contributed by atoms with Gasteiger partial charge in [-0.25, -0.2) is 24.8 Å². The van der Waals surface area contributed by atoms with E-state index >= 15 is 0 Å². The molecule has 176 valence electrons. The van der Waals surface area contributed by atoms with Gasteiger partial charge in [0.2, 0.25) is 11.6 Å². The average Bonchev–Trinajstić information content (AvgIpc) is 2.89. The zero-order valence-corrected chi connectivity index (χ0v) is 19.7. The van der Waals surface area contributed by atoms with Gasteiger partial charge in [-0.1, -0.05) is 36.4 Å². The van der Waals surface area contributed by atoms with E-state index in [4.69, 9.17) is 12.3 Å². The minimum absolute atomic E-state index is 0.0545. The number of nitrogens with two attached hydrogens (primary N) is 1. The Morgan fingerprint density at radius 1 is 1.06 bits per heavy atom. The molecule has 9 nitrogen and oxygen atoms in total. The number of nitrogens with one attached hydrogen (secondary N) is 1. The van der Waals surface area contributed by atoms with Gasteiger partial charge in [0.25, 0.3) is 5.56 Å². The lowest BCUT2D eigenvalue weighted by molar-refractivity contribution is 0.774. The number of aromatic nitrogens is 5. The van der Waals surface area contributed by atoms with Crippen molar-refractivity contribution in [1.29, 1.82) is 0 Å². The number of aryl methyl sites for hydroxylation is 1. The highest BCUT2D eigenvalue weighted by Crippen LogP contribution is 2.30. The van der Waals surface area contributed by atoms with Crippen LogP contribution in [0.15, 0.2) is 77.9 Å². The zero-order valence-electron chi connectivity index (χ0n) is 19.7. The summed E-state index contributed by atoms with van der Waals surface area (Å²) in [5.74, 6) is 0.854. The summed E-state index contributed by atoms with van der Waals surface area (Å²) in [5.41, 5.74) is 8.68. The molecule has 0 aliphatic rings. The first-order chi connectivity index (χ1) is 17.5. The standard InChI is InChI=1S/C27H22N8O/c1-16-12-13-30-24(32-16)20-11-7-8-18-14-22(17(2)33-25-21(29-3)15-31-27(28)34-25)35(26(36)23(18)20)19-9-5-4-6-10-19/h4-15,17H,1-2H3,(H3,28,31,33,34)/t17-/m0/s1. The first-order valence-corrected chi connectivity index (χ1v) is 11.3. The molecule has 3 aromatic heterocycles. The predicted molar refractivity (Wildman–Crippen MR) is 140 cm³/mol. The smallest absolute Gasteiger partial charge is 0.264 e. The van der Waals surface area contributed by atoms with Gasteiger partial charge in [-0.05, 0) is 43.5 Å². The van der Waals surface area contributed by atoms with Crippen LogP contribution in [0.1, 0.15) is 24.4 Å². The van der Waals surface area contributed by atoms with Crippen LogP contribution >= 0.6 is 0 Å². The lowest BCUT2D eigenvalue weighted by Crippen LogP contribution is -2.26. The lowest BCUT2D eigenvalue weighted by Gasteiger charge is -2.22. The molecule has 0 spiro atoms. The van der Waals surface area contributed by atoms with Crippen molar-refractivity contribution in [2.24, 2.45) is 0 Å². The van der Waals surface area contributed by atoms with E-state index in [0.29, 0.717) is 34.0 Å². The monoisotopic (exact) mass is 474 g/mol. The summed E-state index contributed by atoms with van der Waals surface area (Å²) in [6.07, 6.45) is 3.07. The predicted octanol–water partition coefficient (Wildman–Crippen LogP) is 4.85. The highest BCUT2D eigenvalue weighted by molar-refractivity contribution is 5.95. The van der Waals surface area contributed by atoms with Crippen molar-refractivity contribution < 1.29 is 0 Å². The fourth-order valence-electron chi connectivity index (χ4n) is 4.17. The third kappa shape index (κ3) is 4.12. The molecule has 0 fully saturated rings. The van der Waals surface area contributed by atoms with Crippen LogP contribution < -0.4 is 16.6 Å². The first kappa shape index (κ1) is 22.7. The first-order valence-electron chi connectivity index (χ1n) is 11.3. The molecule has 5 aromatic rings. The van der Waals surface area contributed by atoms with Crippen LogP contribution in [-0.4, -0.2) is 24.5 Å². The van der Waals surface area contributed by atoms with E-state index in [1.54, 1.807) is 10.8 Å². The normalized spacial score (nSPS) is 11.7. The van der Waals surface area contributed by atoms with Gasteiger partial charge in [0, 0.05) is 35.0 Å². The van der Waals surface area contributed by atoms with Crippen LogP contribution in [0.25, 0.3) is 32.7 Å². The van der Waals surface area contributed by atoms with E-state index in [2.05, 4.69) is 30.1 Å². The molecule has 3 N–H and O–H groups in total. The molecule has 5 rings (SSSR count). The average molecular weight is 475 g/mol. The van der Waals surface area contributed by atoms with Gasteiger partial charge in [0.15, 0.2) is 5.82 Å². The van der Waals surface area contributed by atoms with Crippen molar-refractivity contribution in [1.82, 2.24) is 24.5 Å². The van der Waals surface area contributed by atoms with Crippen LogP contribution in [0.5, 0.6) is 0 Å². The van der Waals surface area contributed by atoms with E-state index in [1.807, 2.05) is 74.5 Å². The number of para-hydroxylation sites is 1. The second-order valence-electron chi connectivity index (χ2n) is 8.28. The molecule has 9 heteroatoms. The Kier molecular flexibility index (Phi) is 5.84. The van der Waals surface area contributed by atoms with Crippen LogP contribution in [0.2, 0.25) is 0 Å². The van der Waals surface area contributed by atoms with Gasteiger partial charge < -0.3 is 11.1 Å². The van der Waals surface area contributed by atoms with Crippen LogP contribution in [-0.2, 0) is 0 Å². The van der Waals surface area contributed by atoms with Crippen LogP contribution in [0.3, 0.4) is 0 Å². The Morgan fingerprint density at radius 3 is 2.61 bits per heavy atom. The summed E-state index contributed by atoms with van der Waals surface area (Å²) in [6.45, 7) is 11.2. The molecule has 3 heterocycles. The van der Waals surface area contributed by atoms with Crippen molar-refractivity contribution in [3.63, 3.8) is 0 Å². The fraction of sp³-hybridized carbons (Fsp3) is 0.111. The van der Waals surface area contributed by atoms with Crippen LogP contribution in [0, 0.1) is 13.5 Å². The van der Waals surface area contributed by atoms with Crippen molar-refractivity contribution in [3.05, 3.63) is 106 Å². The van der Waals surface area contributed by atoms with E-state index in [1.165, 1.54) is 6.20 Å². The van der Waals surface area contributed by atoms with Crippen molar-refractivity contribution in [2.75, 3.05) is 11.1 Å². The number of fused-ring (bicyclic) bond motifs is 1. The maximum absolute atomic E-state index is 14.1. The summed E-state index contributed by atoms with van der Waals surface area (Å²) >= 11 is 0. The maximum Gasteiger partial charge on any atom is 0.264 e. The molecular weight excluding hydrogens is 452 g/mol. The second kappa shape index (κ2) is 9.27. The highest BCUT2D eigenvalue weighted by Gasteiger charge is 2.20. The minimum atomic E-state index is -0.406. The van der Waals surface area contributed by atoms with Gasteiger partial charge in [0.05, 0.1) is 18.0 Å². The van der Waals surface area contributed by atoms with Gasteiger partial charge in [0.1, 0.15) is 5.82 Å². The van der Waals surface area contributed by atoms with Crippen molar-refractivity contribution >= 4 is 28.2 Å². The number of hydrogen-bond acceptors (Lipinski definition) is 7. The molecule has 0 aliphatic heterocycles. The molecule has 0 amide bonds. The summed E-state index contributed by atoms with van der Waals surface area (Å²) in [6, 6.07) is 18.4. The molecule has 0 unspecified atom stereocenters. The Hall–Kier alpha value is -5.10. The van der Waals surface area contributed by atoms with Gasteiger partial charge in [-0.3, -0.25) is 9.36 Å². The number of anilines is 2. The molecular formula is C27H22N8O. The van der Waals surface area contributed by atoms with Crippen molar-refractivity contribution in [3.8, 4) is 17.1 Å². The Balaban J connectivity index is 1.75. The fourth-order valence-corrected chi connectivity index (χ4v) is 4.17. The molecule has 0 radical (unpaired) electrons. The number of hydrogen-bond donors (Lipinski definition) is 2. The van der Waals surface area contributed by atoms with E-state index in [-0.39, 0.29) is 17.2 Å². The lowest BCUT2D eigenvalue weighted by atomic mass is 10.0. The molecule has 36 heavy (non-hydrogen) atoms. The highest BCUT2D eigenvalue weighted by atomic mass is 16.1. The summed E-state index contributed by atoms with van der Waals surface area (Å²) in [5, 5.41) is 4.52. The Morgan fingerprint density at radius 2 is 1.86 bits per heavy atom. The number of benzene rings is 2. The summed E-state index contributed by atoms with van der Waals surface area (Å²) in [4.78, 5) is 34.7. The van der Waals surface area contributed by atoms with Gasteiger partial charge in [-0.15, -0.1) is 0 Å². The zero-order chi connectivity index (χ0) is 25.2. The van der Waals surface area contributed by atoms with E-state index in [0.717, 1.165) is 11.1 Å². The molecule has 2 aromatic carbocycles. The summed E-state index contributed by atoms with van der Waals surface area (Å²) < 4.78 is 1.67. The van der Waals surface area contributed by atoms with E-state index < -0.39 is 6.04 Å². The number of rotatable bonds is 5. The molecule has 0 saturated heterocycles. The van der Waals surface area contributed by atoms with E-state index in [9.17, 15) is 4.79 Å². The third-order valence-corrected chi connectivity index (χ3v) is 5.83.